The molecule has 0 unspecified atom stereocenters. The van der Waals surface area contributed by atoms with E-state index in [2.05, 4.69) is 28.3 Å². The topological polar surface area (TPSA) is 37.8 Å². The van der Waals surface area contributed by atoms with Gasteiger partial charge in [-0.2, -0.15) is 0 Å². The second-order valence-corrected chi connectivity index (χ2v) is 6.77. The molecule has 0 aliphatic heterocycles. The van der Waals surface area contributed by atoms with Crippen molar-refractivity contribution in [3.05, 3.63) is 66.2 Å². The van der Waals surface area contributed by atoms with Crippen LogP contribution in [0.5, 0.6) is 0 Å². The number of hydrogen-bond acceptors (Lipinski definition) is 3. The molecule has 1 aromatic carbocycles. The number of hydrogen-bond donors (Lipinski definition) is 1. The molecule has 1 saturated carbocycles. The Bertz CT molecular complexity index is 902. The summed E-state index contributed by atoms with van der Waals surface area (Å²) in [5, 5.41) is 3.28. The summed E-state index contributed by atoms with van der Waals surface area (Å²) in [6.45, 7) is 3.03. The van der Waals surface area contributed by atoms with Gasteiger partial charge in [-0.3, -0.25) is 4.98 Å². The van der Waals surface area contributed by atoms with Crippen LogP contribution in [-0.4, -0.2) is 16.5 Å². The average Bonchev–Trinajstić information content (AvgIpc) is 3.52. The second kappa shape index (κ2) is 7.24. The van der Waals surface area contributed by atoms with Crippen molar-refractivity contribution in [2.75, 3.05) is 11.9 Å². The molecule has 3 nitrogen and oxygen atoms in total. The molecule has 0 amide bonds. The van der Waals surface area contributed by atoms with Gasteiger partial charge in [0.05, 0.1) is 5.69 Å². The van der Waals surface area contributed by atoms with Gasteiger partial charge < -0.3 is 5.32 Å². The van der Waals surface area contributed by atoms with Gasteiger partial charge in [0, 0.05) is 35.6 Å². The molecule has 4 heteroatoms. The van der Waals surface area contributed by atoms with Crippen LogP contribution in [0.3, 0.4) is 0 Å². The van der Waals surface area contributed by atoms with Crippen LogP contribution in [0.1, 0.15) is 37.7 Å². The highest BCUT2D eigenvalue weighted by Crippen LogP contribution is 2.43. The van der Waals surface area contributed by atoms with Gasteiger partial charge in [0.25, 0.3) is 0 Å². The predicted octanol–water partition coefficient (Wildman–Crippen LogP) is 5.65. The van der Waals surface area contributed by atoms with Crippen molar-refractivity contribution in [3.63, 3.8) is 0 Å². The molecule has 1 N–H and O–H groups in total. The molecule has 132 valence electrons. The highest BCUT2D eigenvalue weighted by Gasteiger charge is 2.27. The molecule has 0 saturated heterocycles. The normalized spacial score (nSPS) is 13.6. The van der Waals surface area contributed by atoms with Gasteiger partial charge in [-0.05, 0) is 67.1 Å². The Labute approximate surface area is 153 Å². The van der Waals surface area contributed by atoms with Crippen LogP contribution >= 0.6 is 0 Å². The molecule has 0 bridgehead atoms. The molecule has 1 aliphatic rings. The van der Waals surface area contributed by atoms with E-state index >= 15 is 0 Å². The lowest BCUT2D eigenvalue weighted by atomic mass is 9.98. The molecule has 26 heavy (non-hydrogen) atoms. The summed E-state index contributed by atoms with van der Waals surface area (Å²) in [5.74, 6) is 1.13. The van der Waals surface area contributed by atoms with Gasteiger partial charge in [-0.25, -0.2) is 9.37 Å². The van der Waals surface area contributed by atoms with Gasteiger partial charge in [0.2, 0.25) is 0 Å². The molecule has 1 fully saturated rings. The number of nitrogens with zero attached hydrogens (tertiary/aromatic N) is 2. The molecule has 2 heterocycles. The Balaban J connectivity index is 1.70. The van der Waals surface area contributed by atoms with Gasteiger partial charge in [0.15, 0.2) is 0 Å². The first-order chi connectivity index (χ1) is 12.8. The van der Waals surface area contributed by atoms with E-state index < -0.39 is 0 Å². The third-order valence-electron chi connectivity index (χ3n) is 4.72. The standard InChI is InChI=1S/C22H22FN3/c1-2-11-24-21-10-8-17(14-26-21)18-4-3-12-25-22(18)16-7-9-20(23)19(13-16)15-5-6-15/h3-4,7-10,12-15H,2,5-6,11H2,1H3,(H,24,26). The van der Waals surface area contributed by atoms with Crippen LogP contribution in [-0.2, 0) is 0 Å². The van der Waals surface area contributed by atoms with Crippen molar-refractivity contribution in [2.45, 2.75) is 32.1 Å². The van der Waals surface area contributed by atoms with Crippen LogP contribution in [0, 0.1) is 5.82 Å². The first-order valence-corrected chi connectivity index (χ1v) is 9.21. The van der Waals surface area contributed by atoms with Crippen LogP contribution < -0.4 is 5.32 Å². The van der Waals surface area contributed by atoms with E-state index in [4.69, 9.17) is 0 Å². The first kappa shape index (κ1) is 16.7. The van der Waals surface area contributed by atoms with Gasteiger partial charge >= 0.3 is 0 Å². The van der Waals surface area contributed by atoms with E-state index in [1.54, 1.807) is 12.3 Å². The van der Waals surface area contributed by atoms with Crippen LogP contribution in [0.25, 0.3) is 22.4 Å². The quantitative estimate of drug-likeness (QED) is 0.626. The third kappa shape index (κ3) is 3.45. The molecular weight excluding hydrogens is 325 g/mol. The van der Waals surface area contributed by atoms with E-state index in [1.807, 2.05) is 36.5 Å². The molecule has 0 radical (unpaired) electrons. The highest BCUT2D eigenvalue weighted by molar-refractivity contribution is 5.80. The summed E-state index contributed by atoms with van der Waals surface area (Å²) in [6, 6.07) is 13.4. The van der Waals surface area contributed by atoms with Gasteiger partial charge in [0.1, 0.15) is 11.6 Å². The second-order valence-electron chi connectivity index (χ2n) is 6.77. The number of halogens is 1. The molecule has 4 rings (SSSR count). The van der Waals surface area contributed by atoms with Crippen molar-refractivity contribution in [2.24, 2.45) is 0 Å². The average molecular weight is 347 g/mol. The molecular formula is C22H22FN3. The molecule has 1 aliphatic carbocycles. The molecule has 0 spiro atoms. The molecule has 2 aromatic heterocycles. The summed E-state index contributed by atoms with van der Waals surface area (Å²) in [7, 11) is 0. The summed E-state index contributed by atoms with van der Waals surface area (Å²) < 4.78 is 14.1. The molecule has 3 aromatic rings. The minimum atomic E-state index is -0.109. The zero-order valence-electron chi connectivity index (χ0n) is 14.9. The number of pyridine rings is 2. The largest absolute Gasteiger partial charge is 0.370 e. The maximum atomic E-state index is 14.1. The van der Waals surface area contributed by atoms with Crippen molar-refractivity contribution in [3.8, 4) is 22.4 Å². The number of rotatable bonds is 6. The van der Waals surface area contributed by atoms with Gasteiger partial charge in [-0.15, -0.1) is 0 Å². The Hall–Kier alpha value is -2.75. The Morgan fingerprint density at radius 1 is 1.08 bits per heavy atom. The van der Waals surface area contributed by atoms with Crippen molar-refractivity contribution < 1.29 is 4.39 Å². The predicted molar refractivity (Wildman–Crippen MR) is 104 cm³/mol. The van der Waals surface area contributed by atoms with E-state index in [-0.39, 0.29) is 5.82 Å². The van der Waals surface area contributed by atoms with Crippen LogP contribution in [0.4, 0.5) is 10.2 Å². The van der Waals surface area contributed by atoms with E-state index in [1.165, 1.54) is 0 Å². The zero-order chi connectivity index (χ0) is 17.9. The number of benzene rings is 1. The fourth-order valence-corrected chi connectivity index (χ4v) is 3.18. The zero-order valence-corrected chi connectivity index (χ0v) is 14.9. The number of aromatic nitrogens is 2. The van der Waals surface area contributed by atoms with E-state index in [9.17, 15) is 4.39 Å². The SMILES string of the molecule is CCCNc1ccc(-c2cccnc2-c2ccc(F)c(C3CC3)c2)cn1. The van der Waals surface area contributed by atoms with Crippen molar-refractivity contribution in [1.29, 1.82) is 0 Å². The maximum absolute atomic E-state index is 14.1. The Morgan fingerprint density at radius 3 is 2.65 bits per heavy atom. The van der Waals surface area contributed by atoms with Crippen molar-refractivity contribution in [1.82, 2.24) is 9.97 Å². The lowest BCUT2D eigenvalue weighted by Crippen LogP contribution is -2.01. The van der Waals surface area contributed by atoms with Crippen LogP contribution in [0.2, 0.25) is 0 Å². The van der Waals surface area contributed by atoms with Crippen LogP contribution in [0.15, 0.2) is 54.9 Å². The summed E-state index contributed by atoms with van der Waals surface area (Å²) in [6.07, 6.45) is 6.86. The monoisotopic (exact) mass is 347 g/mol. The minimum absolute atomic E-state index is 0.109. The minimum Gasteiger partial charge on any atom is -0.370 e. The van der Waals surface area contributed by atoms with Gasteiger partial charge in [-0.1, -0.05) is 13.0 Å². The van der Waals surface area contributed by atoms with Crippen molar-refractivity contribution >= 4 is 5.82 Å². The lowest BCUT2D eigenvalue weighted by molar-refractivity contribution is 0.611. The van der Waals surface area contributed by atoms with E-state index in [0.717, 1.165) is 59.6 Å². The lowest BCUT2D eigenvalue weighted by Gasteiger charge is -2.11. The smallest absolute Gasteiger partial charge is 0.126 e. The Morgan fingerprint density at radius 2 is 1.92 bits per heavy atom. The number of anilines is 1. The summed E-state index contributed by atoms with van der Waals surface area (Å²) in [5.41, 5.74) is 4.65. The summed E-state index contributed by atoms with van der Waals surface area (Å²) >= 11 is 0. The summed E-state index contributed by atoms with van der Waals surface area (Å²) in [4.78, 5) is 9.08. The highest BCUT2D eigenvalue weighted by atomic mass is 19.1. The fourth-order valence-electron chi connectivity index (χ4n) is 3.18. The third-order valence-corrected chi connectivity index (χ3v) is 4.72. The fraction of sp³-hybridized carbons (Fsp3) is 0.273. The molecule has 0 atom stereocenters. The maximum Gasteiger partial charge on any atom is 0.126 e. The Kier molecular flexibility index (Phi) is 4.65. The van der Waals surface area contributed by atoms with E-state index in [0.29, 0.717) is 5.92 Å². The number of nitrogens with one attached hydrogen (secondary N) is 1. The first-order valence-electron chi connectivity index (χ1n) is 9.21.